The van der Waals surface area contributed by atoms with Crippen LogP contribution in [0.3, 0.4) is 0 Å². The van der Waals surface area contributed by atoms with Crippen molar-refractivity contribution in [1.29, 1.82) is 0 Å². The SMILES string of the molecule is CC(c1cccc(-c2ncc3c(ncn3C)n2)c1)N1CCCC1. The number of aromatic nitrogens is 4. The summed E-state index contributed by atoms with van der Waals surface area (Å²) in [5, 5.41) is 0. The minimum atomic E-state index is 0.441. The molecule has 1 aromatic carbocycles. The summed E-state index contributed by atoms with van der Waals surface area (Å²) in [5.74, 6) is 0.742. The normalized spacial score (nSPS) is 17.0. The van der Waals surface area contributed by atoms with Crippen LogP contribution in [0.4, 0.5) is 0 Å². The lowest BCUT2D eigenvalue weighted by molar-refractivity contribution is 0.263. The van der Waals surface area contributed by atoms with Crippen molar-refractivity contribution in [2.45, 2.75) is 25.8 Å². The maximum absolute atomic E-state index is 4.61. The maximum Gasteiger partial charge on any atom is 0.181 e. The summed E-state index contributed by atoms with van der Waals surface area (Å²) < 4.78 is 1.94. The van der Waals surface area contributed by atoms with Crippen LogP contribution in [0.5, 0.6) is 0 Å². The Morgan fingerprint density at radius 1 is 1.13 bits per heavy atom. The molecule has 23 heavy (non-hydrogen) atoms. The number of hydrogen-bond acceptors (Lipinski definition) is 4. The highest BCUT2D eigenvalue weighted by molar-refractivity contribution is 5.72. The molecule has 5 nitrogen and oxygen atoms in total. The fourth-order valence-electron chi connectivity index (χ4n) is 3.33. The average molecular weight is 307 g/mol. The zero-order valence-electron chi connectivity index (χ0n) is 13.6. The second-order valence-electron chi connectivity index (χ2n) is 6.30. The Labute approximate surface area is 136 Å². The molecule has 2 aromatic heterocycles. The van der Waals surface area contributed by atoms with Gasteiger partial charge in [0.15, 0.2) is 11.5 Å². The number of aryl methyl sites for hydroxylation is 1. The monoisotopic (exact) mass is 307 g/mol. The Balaban J connectivity index is 1.68. The largest absolute Gasteiger partial charge is 0.331 e. The summed E-state index contributed by atoms with van der Waals surface area (Å²) in [6, 6.07) is 9.03. The average Bonchev–Trinajstić information content (AvgIpc) is 3.24. The summed E-state index contributed by atoms with van der Waals surface area (Å²) in [4.78, 5) is 16.0. The molecule has 1 saturated heterocycles. The predicted molar refractivity (Wildman–Crippen MR) is 91.0 cm³/mol. The van der Waals surface area contributed by atoms with Crippen LogP contribution in [0.2, 0.25) is 0 Å². The zero-order chi connectivity index (χ0) is 15.8. The first-order valence-electron chi connectivity index (χ1n) is 8.21. The van der Waals surface area contributed by atoms with Crippen LogP contribution in [0.15, 0.2) is 36.8 Å². The van der Waals surface area contributed by atoms with Gasteiger partial charge in [-0.05, 0) is 44.5 Å². The highest BCUT2D eigenvalue weighted by Gasteiger charge is 2.19. The van der Waals surface area contributed by atoms with Crippen molar-refractivity contribution >= 4 is 11.2 Å². The van der Waals surface area contributed by atoms with E-state index in [9.17, 15) is 0 Å². The topological polar surface area (TPSA) is 46.8 Å². The molecule has 118 valence electrons. The van der Waals surface area contributed by atoms with Crippen molar-refractivity contribution in [3.05, 3.63) is 42.4 Å². The lowest BCUT2D eigenvalue weighted by Crippen LogP contribution is -2.23. The molecule has 0 amide bonds. The Bertz CT molecular complexity index is 832. The number of fused-ring (bicyclic) bond motifs is 1. The molecule has 0 saturated carbocycles. The standard InChI is InChI=1S/C18H21N5/c1-13(23-8-3-4-9-23)14-6-5-7-15(10-14)17-19-11-16-18(21-17)20-12-22(16)2/h5-7,10-13H,3-4,8-9H2,1-2H3. The molecule has 4 rings (SSSR count). The van der Waals surface area contributed by atoms with Gasteiger partial charge in [0, 0.05) is 18.7 Å². The summed E-state index contributed by atoms with van der Waals surface area (Å²) >= 11 is 0. The number of nitrogens with zero attached hydrogens (tertiary/aromatic N) is 5. The lowest BCUT2D eigenvalue weighted by Gasteiger charge is -2.24. The van der Waals surface area contributed by atoms with E-state index >= 15 is 0 Å². The highest BCUT2D eigenvalue weighted by atomic mass is 15.2. The predicted octanol–water partition coefficient (Wildman–Crippen LogP) is 3.19. The Kier molecular flexibility index (Phi) is 3.58. The molecule has 0 N–H and O–H groups in total. The first-order chi connectivity index (χ1) is 11.2. The number of hydrogen-bond donors (Lipinski definition) is 0. The van der Waals surface area contributed by atoms with Crippen LogP contribution in [0.1, 0.15) is 31.4 Å². The van der Waals surface area contributed by atoms with E-state index in [-0.39, 0.29) is 0 Å². The number of imidazole rings is 1. The van der Waals surface area contributed by atoms with E-state index < -0.39 is 0 Å². The summed E-state index contributed by atoms with van der Waals surface area (Å²) in [7, 11) is 1.96. The Hall–Kier alpha value is -2.27. The fraction of sp³-hybridized carbons (Fsp3) is 0.389. The van der Waals surface area contributed by atoms with Gasteiger partial charge in [0.25, 0.3) is 0 Å². The van der Waals surface area contributed by atoms with Crippen molar-refractivity contribution in [2.75, 3.05) is 13.1 Å². The molecule has 0 bridgehead atoms. The quantitative estimate of drug-likeness (QED) is 0.745. The number of benzene rings is 1. The van der Waals surface area contributed by atoms with Crippen molar-refractivity contribution in [1.82, 2.24) is 24.4 Å². The third kappa shape index (κ3) is 2.61. The molecule has 3 aromatic rings. The molecule has 3 heterocycles. The minimum absolute atomic E-state index is 0.441. The zero-order valence-corrected chi connectivity index (χ0v) is 13.6. The first-order valence-corrected chi connectivity index (χ1v) is 8.21. The molecule has 5 heteroatoms. The second-order valence-corrected chi connectivity index (χ2v) is 6.30. The Morgan fingerprint density at radius 2 is 1.96 bits per heavy atom. The van der Waals surface area contributed by atoms with Gasteiger partial charge in [-0.15, -0.1) is 0 Å². The third-order valence-electron chi connectivity index (χ3n) is 4.80. The third-order valence-corrected chi connectivity index (χ3v) is 4.80. The Morgan fingerprint density at radius 3 is 2.78 bits per heavy atom. The first kappa shape index (κ1) is 14.3. The molecule has 0 spiro atoms. The van der Waals surface area contributed by atoms with Gasteiger partial charge in [0.05, 0.1) is 12.5 Å². The van der Waals surface area contributed by atoms with E-state index in [2.05, 4.69) is 51.0 Å². The molecule has 0 radical (unpaired) electrons. The van der Waals surface area contributed by atoms with E-state index in [1.807, 2.05) is 17.8 Å². The summed E-state index contributed by atoms with van der Waals surface area (Å²) in [6.07, 6.45) is 6.24. The van der Waals surface area contributed by atoms with E-state index in [4.69, 9.17) is 0 Å². The molecule has 0 aliphatic carbocycles. The summed E-state index contributed by atoms with van der Waals surface area (Å²) in [5.41, 5.74) is 4.08. The van der Waals surface area contributed by atoms with E-state index in [1.165, 1.54) is 31.5 Å². The van der Waals surface area contributed by atoms with Gasteiger partial charge >= 0.3 is 0 Å². The van der Waals surface area contributed by atoms with Gasteiger partial charge in [-0.3, -0.25) is 4.90 Å². The van der Waals surface area contributed by atoms with Crippen LogP contribution >= 0.6 is 0 Å². The van der Waals surface area contributed by atoms with Gasteiger partial charge in [-0.1, -0.05) is 18.2 Å². The van der Waals surface area contributed by atoms with Crippen molar-refractivity contribution in [3.8, 4) is 11.4 Å². The van der Waals surface area contributed by atoms with Gasteiger partial charge < -0.3 is 4.57 Å². The molecular formula is C18H21N5. The van der Waals surface area contributed by atoms with E-state index in [1.54, 1.807) is 6.33 Å². The fourth-order valence-corrected chi connectivity index (χ4v) is 3.33. The van der Waals surface area contributed by atoms with Gasteiger partial charge in [-0.25, -0.2) is 15.0 Å². The number of likely N-dealkylation sites (tertiary alicyclic amines) is 1. The van der Waals surface area contributed by atoms with E-state index in [0.29, 0.717) is 6.04 Å². The molecule has 1 aliphatic rings. The molecular weight excluding hydrogens is 286 g/mol. The van der Waals surface area contributed by atoms with Crippen molar-refractivity contribution in [3.63, 3.8) is 0 Å². The lowest BCUT2D eigenvalue weighted by atomic mass is 10.0. The van der Waals surface area contributed by atoms with Gasteiger partial charge in [-0.2, -0.15) is 0 Å². The summed E-state index contributed by atoms with van der Waals surface area (Å²) in [6.45, 7) is 4.68. The van der Waals surface area contributed by atoms with Crippen LogP contribution in [-0.4, -0.2) is 37.5 Å². The van der Waals surface area contributed by atoms with Gasteiger partial charge in [0.1, 0.15) is 5.52 Å². The molecule has 1 atom stereocenters. The van der Waals surface area contributed by atoms with Crippen LogP contribution < -0.4 is 0 Å². The molecule has 1 unspecified atom stereocenters. The van der Waals surface area contributed by atoms with Crippen LogP contribution in [0.25, 0.3) is 22.6 Å². The molecule has 1 aliphatic heterocycles. The van der Waals surface area contributed by atoms with Crippen LogP contribution in [0, 0.1) is 0 Å². The van der Waals surface area contributed by atoms with Gasteiger partial charge in [0.2, 0.25) is 0 Å². The van der Waals surface area contributed by atoms with Crippen molar-refractivity contribution < 1.29 is 0 Å². The number of rotatable bonds is 3. The maximum atomic E-state index is 4.61. The van der Waals surface area contributed by atoms with Crippen molar-refractivity contribution in [2.24, 2.45) is 7.05 Å². The molecule has 1 fully saturated rings. The second kappa shape index (κ2) is 5.74. The van der Waals surface area contributed by atoms with E-state index in [0.717, 1.165) is 22.6 Å². The highest BCUT2D eigenvalue weighted by Crippen LogP contribution is 2.27. The minimum Gasteiger partial charge on any atom is -0.331 e. The van der Waals surface area contributed by atoms with Crippen LogP contribution in [-0.2, 0) is 7.05 Å². The smallest absolute Gasteiger partial charge is 0.181 e.